The summed E-state index contributed by atoms with van der Waals surface area (Å²) in [7, 11) is 2.22. The molecule has 1 aliphatic carbocycles. The molecule has 0 aliphatic heterocycles. The Labute approximate surface area is 166 Å². The van der Waals surface area contributed by atoms with Crippen LogP contribution in [0.1, 0.15) is 58.7 Å². The average molecular weight is 387 g/mol. The topological polar surface area (TPSA) is 71.2 Å². The molecule has 1 heterocycles. The van der Waals surface area contributed by atoms with Crippen molar-refractivity contribution in [3.63, 3.8) is 0 Å². The number of amides is 1. The minimum Gasteiger partial charge on any atom is -0.347 e. The summed E-state index contributed by atoms with van der Waals surface area (Å²) in [6, 6.07) is 9.06. The number of rotatable bonds is 8. The SMILES string of the molecule is CN(Cc1ccccc1CNC(=O)c1csc(CCN)n1)C1CCCCC1. The standard InChI is InChI=1S/C21H30N4OS/c1-25(18-9-3-2-4-10-18)14-17-8-6-5-7-16(17)13-23-21(26)19-15-27-20(24-19)11-12-22/h5-8,15,18H,2-4,9-14,22H2,1H3,(H,23,26). The molecule has 3 rings (SSSR count). The number of nitrogens with two attached hydrogens (primary N) is 1. The zero-order valence-corrected chi connectivity index (χ0v) is 16.9. The molecule has 0 saturated heterocycles. The molecule has 1 aromatic carbocycles. The van der Waals surface area contributed by atoms with Gasteiger partial charge in [-0.1, -0.05) is 43.5 Å². The first-order valence-corrected chi connectivity index (χ1v) is 10.7. The highest BCUT2D eigenvalue weighted by Gasteiger charge is 2.19. The van der Waals surface area contributed by atoms with E-state index in [1.165, 1.54) is 54.6 Å². The largest absolute Gasteiger partial charge is 0.347 e. The van der Waals surface area contributed by atoms with E-state index < -0.39 is 0 Å². The third kappa shape index (κ3) is 5.61. The van der Waals surface area contributed by atoms with Crippen molar-refractivity contribution in [2.45, 2.75) is 57.7 Å². The van der Waals surface area contributed by atoms with Crippen LogP contribution in [0.15, 0.2) is 29.6 Å². The van der Waals surface area contributed by atoms with Crippen molar-refractivity contribution in [2.24, 2.45) is 5.73 Å². The number of thiazole rings is 1. The molecule has 0 atom stereocenters. The number of nitrogens with one attached hydrogen (secondary N) is 1. The molecule has 5 nitrogen and oxygen atoms in total. The fourth-order valence-corrected chi connectivity index (χ4v) is 4.52. The molecule has 1 fully saturated rings. The summed E-state index contributed by atoms with van der Waals surface area (Å²) in [5.74, 6) is -0.120. The number of hydrogen-bond acceptors (Lipinski definition) is 5. The lowest BCUT2D eigenvalue weighted by Crippen LogP contribution is -2.33. The van der Waals surface area contributed by atoms with E-state index in [1.807, 2.05) is 11.4 Å². The highest BCUT2D eigenvalue weighted by Crippen LogP contribution is 2.23. The molecular formula is C21H30N4OS. The fourth-order valence-electron chi connectivity index (χ4n) is 3.72. The molecule has 1 aromatic heterocycles. The first-order valence-electron chi connectivity index (χ1n) is 9.87. The molecule has 1 saturated carbocycles. The van der Waals surface area contributed by atoms with Gasteiger partial charge in [0, 0.05) is 30.9 Å². The van der Waals surface area contributed by atoms with Gasteiger partial charge in [-0.15, -0.1) is 11.3 Å². The van der Waals surface area contributed by atoms with Crippen molar-refractivity contribution in [3.8, 4) is 0 Å². The first kappa shape index (κ1) is 20.0. The minimum absolute atomic E-state index is 0.120. The second-order valence-electron chi connectivity index (χ2n) is 7.32. The number of carbonyl (C=O) groups is 1. The predicted octanol–water partition coefficient (Wildman–Crippen LogP) is 3.34. The molecule has 1 amide bonds. The normalized spacial score (nSPS) is 15.2. The quantitative estimate of drug-likeness (QED) is 0.730. The Bertz CT molecular complexity index is 739. The van der Waals surface area contributed by atoms with Crippen LogP contribution in [0.25, 0.3) is 0 Å². The van der Waals surface area contributed by atoms with Gasteiger partial charge in [0.25, 0.3) is 5.91 Å². The summed E-state index contributed by atoms with van der Waals surface area (Å²) >= 11 is 1.49. The first-order chi connectivity index (χ1) is 13.2. The fraction of sp³-hybridized carbons (Fsp3) is 0.524. The average Bonchev–Trinajstić information content (AvgIpc) is 3.17. The number of nitrogens with zero attached hydrogens (tertiary/aromatic N) is 2. The summed E-state index contributed by atoms with van der Waals surface area (Å²) in [6.45, 7) is 2.00. The highest BCUT2D eigenvalue weighted by atomic mass is 32.1. The van der Waals surface area contributed by atoms with Gasteiger partial charge in [0.15, 0.2) is 0 Å². The van der Waals surface area contributed by atoms with E-state index in [0.29, 0.717) is 31.2 Å². The molecule has 0 bridgehead atoms. The third-order valence-electron chi connectivity index (χ3n) is 5.32. The maximum Gasteiger partial charge on any atom is 0.271 e. The zero-order chi connectivity index (χ0) is 19.1. The van der Waals surface area contributed by atoms with E-state index in [-0.39, 0.29) is 5.91 Å². The molecular weight excluding hydrogens is 356 g/mol. The van der Waals surface area contributed by atoms with Gasteiger partial charge in [-0.3, -0.25) is 9.69 Å². The second kappa shape index (κ2) is 9.97. The Morgan fingerprint density at radius 2 is 2.00 bits per heavy atom. The van der Waals surface area contributed by atoms with Crippen molar-refractivity contribution >= 4 is 17.2 Å². The van der Waals surface area contributed by atoms with Crippen LogP contribution in [0.2, 0.25) is 0 Å². The van der Waals surface area contributed by atoms with Crippen LogP contribution in [0.5, 0.6) is 0 Å². The molecule has 0 unspecified atom stereocenters. The zero-order valence-electron chi connectivity index (χ0n) is 16.1. The van der Waals surface area contributed by atoms with Crippen molar-refractivity contribution in [1.82, 2.24) is 15.2 Å². The maximum atomic E-state index is 12.4. The number of benzene rings is 1. The number of aromatic nitrogens is 1. The number of carbonyl (C=O) groups excluding carboxylic acids is 1. The van der Waals surface area contributed by atoms with Crippen molar-refractivity contribution in [1.29, 1.82) is 0 Å². The Kier molecular flexibility index (Phi) is 7.38. The molecule has 146 valence electrons. The van der Waals surface area contributed by atoms with E-state index in [0.717, 1.165) is 11.6 Å². The molecule has 3 N–H and O–H groups in total. The highest BCUT2D eigenvalue weighted by molar-refractivity contribution is 7.09. The summed E-state index contributed by atoms with van der Waals surface area (Å²) in [5, 5.41) is 5.74. The summed E-state index contributed by atoms with van der Waals surface area (Å²) < 4.78 is 0. The summed E-state index contributed by atoms with van der Waals surface area (Å²) in [6.07, 6.45) is 7.36. The molecule has 27 heavy (non-hydrogen) atoms. The third-order valence-corrected chi connectivity index (χ3v) is 6.23. The van der Waals surface area contributed by atoms with E-state index in [9.17, 15) is 4.79 Å². The molecule has 2 aromatic rings. The van der Waals surface area contributed by atoms with Crippen LogP contribution in [0, 0.1) is 0 Å². The van der Waals surface area contributed by atoms with Gasteiger partial charge >= 0.3 is 0 Å². The molecule has 0 radical (unpaired) electrons. The van der Waals surface area contributed by atoms with E-state index >= 15 is 0 Å². The van der Waals surface area contributed by atoms with Crippen molar-refractivity contribution in [2.75, 3.05) is 13.6 Å². The van der Waals surface area contributed by atoms with Gasteiger partial charge in [-0.25, -0.2) is 4.98 Å². The van der Waals surface area contributed by atoms with E-state index in [1.54, 1.807) is 0 Å². The molecule has 6 heteroatoms. The van der Waals surface area contributed by atoms with Crippen LogP contribution in [-0.4, -0.2) is 35.4 Å². The summed E-state index contributed by atoms with van der Waals surface area (Å²) in [5.41, 5.74) is 8.50. The smallest absolute Gasteiger partial charge is 0.271 e. The monoisotopic (exact) mass is 386 g/mol. The van der Waals surface area contributed by atoms with Crippen LogP contribution in [0.3, 0.4) is 0 Å². The van der Waals surface area contributed by atoms with Crippen LogP contribution < -0.4 is 11.1 Å². The number of hydrogen-bond donors (Lipinski definition) is 2. The Hall–Kier alpha value is -1.76. The van der Waals surface area contributed by atoms with Gasteiger partial charge in [-0.2, -0.15) is 0 Å². The second-order valence-corrected chi connectivity index (χ2v) is 8.27. The Balaban J connectivity index is 1.59. The van der Waals surface area contributed by atoms with Crippen LogP contribution in [0.4, 0.5) is 0 Å². The van der Waals surface area contributed by atoms with Crippen LogP contribution >= 0.6 is 11.3 Å². The van der Waals surface area contributed by atoms with Crippen molar-refractivity contribution < 1.29 is 4.79 Å². The van der Waals surface area contributed by atoms with E-state index in [2.05, 4.69) is 40.4 Å². The minimum atomic E-state index is -0.120. The Morgan fingerprint density at radius 1 is 1.26 bits per heavy atom. The van der Waals surface area contributed by atoms with Gasteiger partial charge in [0.05, 0.1) is 5.01 Å². The summed E-state index contributed by atoms with van der Waals surface area (Å²) in [4.78, 5) is 19.2. The van der Waals surface area contributed by atoms with Crippen LogP contribution in [-0.2, 0) is 19.5 Å². The van der Waals surface area contributed by atoms with Crippen molar-refractivity contribution in [3.05, 3.63) is 51.5 Å². The lowest BCUT2D eigenvalue weighted by atomic mass is 9.94. The predicted molar refractivity (Wildman–Crippen MR) is 111 cm³/mol. The van der Waals surface area contributed by atoms with Gasteiger partial charge in [0.1, 0.15) is 5.69 Å². The van der Waals surface area contributed by atoms with Gasteiger partial charge in [-0.05, 0) is 37.6 Å². The molecule has 0 spiro atoms. The molecule has 1 aliphatic rings. The lowest BCUT2D eigenvalue weighted by Gasteiger charge is -2.31. The van der Waals surface area contributed by atoms with Gasteiger partial charge < -0.3 is 11.1 Å². The van der Waals surface area contributed by atoms with E-state index in [4.69, 9.17) is 5.73 Å². The lowest BCUT2D eigenvalue weighted by molar-refractivity contribution is 0.0946. The maximum absolute atomic E-state index is 12.4. The Morgan fingerprint density at radius 3 is 2.74 bits per heavy atom. The van der Waals surface area contributed by atoms with Gasteiger partial charge in [0.2, 0.25) is 0 Å².